The Kier molecular flexibility index (Phi) is 3.39. The lowest BCUT2D eigenvalue weighted by Crippen LogP contribution is -2.43. The molecule has 20 heavy (non-hydrogen) atoms. The van der Waals surface area contributed by atoms with E-state index in [4.69, 9.17) is 11.6 Å². The van der Waals surface area contributed by atoms with Crippen molar-refractivity contribution < 1.29 is 4.79 Å². The van der Waals surface area contributed by atoms with E-state index in [2.05, 4.69) is 43.3 Å². The lowest BCUT2D eigenvalue weighted by atomic mass is 9.61. The van der Waals surface area contributed by atoms with Crippen LogP contribution >= 0.6 is 11.6 Å². The highest BCUT2D eigenvalue weighted by Crippen LogP contribution is 2.44. The molecule has 0 radical (unpaired) electrons. The summed E-state index contributed by atoms with van der Waals surface area (Å²) in [4.78, 5) is 11.6. The molecule has 1 aliphatic rings. The van der Waals surface area contributed by atoms with Crippen molar-refractivity contribution in [1.29, 1.82) is 0 Å². The molecule has 3 rings (SSSR count). The van der Waals surface area contributed by atoms with Gasteiger partial charge in [-0.1, -0.05) is 53.6 Å². The SMILES string of the molecule is Cc1ccc(C2(Cc3ccc(Cl)cc3)CC(=O)C2)cc1. The summed E-state index contributed by atoms with van der Waals surface area (Å²) in [7, 11) is 0. The molecule has 1 aliphatic carbocycles. The van der Waals surface area contributed by atoms with Crippen molar-refractivity contribution in [2.75, 3.05) is 0 Å². The minimum Gasteiger partial charge on any atom is -0.300 e. The first-order chi connectivity index (χ1) is 9.57. The lowest BCUT2D eigenvalue weighted by molar-refractivity contribution is -0.128. The number of ketones is 1. The van der Waals surface area contributed by atoms with Gasteiger partial charge in [0.25, 0.3) is 0 Å². The van der Waals surface area contributed by atoms with E-state index in [0.717, 1.165) is 11.4 Å². The zero-order valence-electron chi connectivity index (χ0n) is 11.5. The second-order valence-electron chi connectivity index (χ2n) is 5.84. The summed E-state index contributed by atoms with van der Waals surface area (Å²) in [6, 6.07) is 16.5. The van der Waals surface area contributed by atoms with Gasteiger partial charge in [-0.3, -0.25) is 4.79 Å². The number of halogens is 1. The number of benzene rings is 2. The molecule has 0 bridgehead atoms. The molecule has 2 aromatic carbocycles. The monoisotopic (exact) mass is 284 g/mol. The summed E-state index contributed by atoms with van der Waals surface area (Å²) >= 11 is 5.93. The van der Waals surface area contributed by atoms with E-state index < -0.39 is 0 Å². The Morgan fingerprint density at radius 3 is 2.15 bits per heavy atom. The standard InChI is InChI=1S/C18H17ClO/c1-13-2-6-15(7-3-13)18(11-17(20)12-18)10-14-4-8-16(19)9-5-14/h2-9H,10-12H2,1H3. The number of hydrogen-bond donors (Lipinski definition) is 0. The molecule has 102 valence electrons. The average Bonchev–Trinajstić information content (AvgIpc) is 2.40. The van der Waals surface area contributed by atoms with Crippen LogP contribution in [0.3, 0.4) is 0 Å². The molecule has 2 aromatic rings. The Bertz CT molecular complexity index is 617. The van der Waals surface area contributed by atoms with E-state index in [0.29, 0.717) is 18.6 Å². The molecule has 1 saturated carbocycles. The third-order valence-corrected chi connectivity index (χ3v) is 4.44. The van der Waals surface area contributed by atoms with E-state index in [-0.39, 0.29) is 5.41 Å². The third-order valence-electron chi connectivity index (χ3n) is 4.19. The highest BCUT2D eigenvalue weighted by Gasteiger charge is 2.44. The minimum absolute atomic E-state index is 0.0153. The number of carbonyl (C=O) groups is 1. The topological polar surface area (TPSA) is 17.1 Å². The van der Waals surface area contributed by atoms with Crippen LogP contribution < -0.4 is 0 Å². The maximum absolute atomic E-state index is 11.6. The van der Waals surface area contributed by atoms with Gasteiger partial charge in [-0.25, -0.2) is 0 Å². The van der Waals surface area contributed by atoms with E-state index in [9.17, 15) is 4.79 Å². The number of carbonyl (C=O) groups excluding carboxylic acids is 1. The molecule has 0 N–H and O–H groups in total. The predicted molar refractivity (Wildman–Crippen MR) is 82.3 cm³/mol. The van der Waals surface area contributed by atoms with Crippen LogP contribution in [-0.2, 0) is 16.6 Å². The Balaban J connectivity index is 1.90. The Morgan fingerprint density at radius 1 is 1.00 bits per heavy atom. The first-order valence-electron chi connectivity index (χ1n) is 6.91. The molecule has 0 spiro atoms. The fourth-order valence-corrected chi connectivity index (χ4v) is 3.16. The maximum Gasteiger partial charge on any atom is 0.134 e. The highest BCUT2D eigenvalue weighted by atomic mass is 35.5. The average molecular weight is 285 g/mol. The van der Waals surface area contributed by atoms with Gasteiger partial charge >= 0.3 is 0 Å². The first-order valence-corrected chi connectivity index (χ1v) is 7.29. The van der Waals surface area contributed by atoms with Crippen molar-refractivity contribution >= 4 is 17.4 Å². The Hall–Kier alpha value is -1.60. The van der Waals surface area contributed by atoms with Crippen molar-refractivity contribution in [3.8, 4) is 0 Å². The second-order valence-corrected chi connectivity index (χ2v) is 6.28. The Labute approximate surface area is 124 Å². The smallest absolute Gasteiger partial charge is 0.134 e. The van der Waals surface area contributed by atoms with E-state index in [1.54, 1.807) is 0 Å². The maximum atomic E-state index is 11.6. The summed E-state index contributed by atoms with van der Waals surface area (Å²) in [6.07, 6.45) is 2.20. The molecule has 0 unspecified atom stereocenters. The van der Waals surface area contributed by atoms with Gasteiger partial charge in [-0.2, -0.15) is 0 Å². The van der Waals surface area contributed by atoms with Crippen molar-refractivity contribution in [3.63, 3.8) is 0 Å². The molecule has 1 nitrogen and oxygen atoms in total. The molecule has 0 heterocycles. The van der Waals surface area contributed by atoms with Crippen LogP contribution in [0.1, 0.15) is 29.5 Å². The van der Waals surface area contributed by atoms with Crippen LogP contribution in [0.4, 0.5) is 0 Å². The zero-order chi connectivity index (χ0) is 14.2. The molecule has 2 heteroatoms. The largest absolute Gasteiger partial charge is 0.300 e. The normalized spacial score (nSPS) is 16.8. The van der Waals surface area contributed by atoms with Gasteiger partial charge in [0.1, 0.15) is 5.78 Å². The summed E-state index contributed by atoms with van der Waals surface area (Å²) in [5.74, 6) is 0.361. The number of aryl methyl sites for hydroxylation is 1. The van der Waals surface area contributed by atoms with Gasteiger partial charge < -0.3 is 0 Å². The predicted octanol–water partition coefficient (Wildman–Crippen LogP) is 4.49. The third kappa shape index (κ3) is 2.51. The highest BCUT2D eigenvalue weighted by molar-refractivity contribution is 6.30. The molecule has 0 saturated heterocycles. The molecule has 0 amide bonds. The number of rotatable bonds is 3. The summed E-state index contributed by atoms with van der Waals surface area (Å²) in [5, 5.41) is 0.753. The quantitative estimate of drug-likeness (QED) is 0.811. The summed E-state index contributed by atoms with van der Waals surface area (Å²) < 4.78 is 0. The van der Waals surface area contributed by atoms with Crippen molar-refractivity contribution in [2.45, 2.75) is 31.6 Å². The molecule has 0 aromatic heterocycles. The number of Topliss-reactive ketones (excluding diaryl/α,β-unsaturated/α-hetero) is 1. The van der Waals surface area contributed by atoms with E-state index in [1.807, 2.05) is 12.1 Å². The van der Waals surface area contributed by atoms with Gasteiger partial charge in [0.15, 0.2) is 0 Å². The number of hydrogen-bond acceptors (Lipinski definition) is 1. The molecular weight excluding hydrogens is 268 g/mol. The van der Waals surface area contributed by atoms with Gasteiger partial charge in [0, 0.05) is 23.3 Å². The second kappa shape index (κ2) is 5.06. The van der Waals surface area contributed by atoms with Gasteiger partial charge in [0.2, 0.25) is 0 Å². The van der Waals surface area contributed by atoms with Gasteiger partial charge in [-0.15, -0.1) is 0 Å². The van der Waals surface area contributed by atoms with E-state index in [1.165, 1.54) is 16.7 Å². The summed E-state index contributed by atoms with van der Waals surface area (Å²) in [5.41, 5.74) is 3.75. The van der Waals surface area contributed by atoms with Gasteiger partial charge in [0.05, 0.1) is 0 Å². The molecule has 0 aliphatic heterocycles. The Morgan fingerprint density at radius 2 is 1.60 bits per heavy atom. The van der Waals surface area contributed by atoms with Crippen LogP contribution in [0.15, 0.2) is 48.5 Å². The first kappa shape index (κ1) is 13.4. The van der Waals surface area contributed by atoms with Crippen LogP contribution in [-0.4, -0.2) is 5.78 Å². The molecular formula is C18H17ClO. The van der Waals surface area contributed by atoms with Crippen LogP contribution in [0.5, 0.6) is 0 Å². The lowest BCUT2D eigenvalue weighted by Gasteiger charge is -2.41. The molecule has 1 fully saturated rings. The van der Waals surface area contributed by atoms with Crippen LogP contribution in [0, 0.1) is 6.92 Å². The zero-order valence-corrected chi connectivity index (χ0v) is 12.3. The fourth-order valence-electron chi connectivity index (χ4n) is 3.03. The summed E-state index contributed by atoms with van der Waals surface area (Å²) in [6.45, 7) is 2.08. The van der Waals surface area contributed by atoms with Crippen molar-refractivity contribution in [1.82, 2.24) is 0 Å². The van der Waals surface area contributed by atoms with Gasteiger partial charge in [-0.05, 0) is 36.6 Å². The molecule has 0 atom stereocenters. The fraction of sp³-hybridized carbons (Fsp3) is 0.278. The van der Waals surface area contributed by atoms with Crippen LogP contribution in [0.25, 0.3) is 0 Å². The van der Waals surface area contributed by atoms with Crippen molar-refractivity contribution in [2.24, 2.45) is 0 Å². The van der Waals surface area contributed by atoms with Crippen LogP contribution in [0.2, 0.25) is 5.02 Å². The van der Waals surface area contributed by atoms with Crippen molar-refractivity contribution in [3.05, 3.63) is 70.2 Å². The van der Waals surface area contributed by atoms with E-state index >= 15 is 0 Å². The minimum atomic E-state index is -0.0153.